The number of aliphatic hydroxyl groups is 1. The summed E-state index contributed by atoms with van der Waals surface area (Å²) in [5.74, 6) is 5.79. The number of fused-ring (bicyclic) bond motifs is 5. The fourth-order valence-electron chi connectivity index (χ4n) is 9.98. The van der Waals surface area contributed by atoms with Crippen molar-refractivity contribution in [3.8, 4) is 0 Å². The number of carbonyl (C=O) groups is 1. The molecule has 4 rings (SSSR count). The fraction of sp³-hybridized carbons (Fsp3) is 0.967. The van der Waals surface area contributed by atoms with Gasteiger partial charge in [-0.2, -0.15) is 0 Å². The monoisotopic (exact) mass is 460 g/mol. The predicted molar refractivity (Wildman–Crippen MR) is 135 cm³/mol. The van der Waals surface area contributed by atoms with Crippen molar-refractivity contribution in [2.45, 2.75) is 118 Å². The molecule has 0 heterocycles. The summed E-state index contributed by atoms with van der Waals surface area (Å²) in [6, 6.07) is 0. The van der Waals surface area contributed by atoms with Crippen LogP contribution in [-0.4, -0.2) is 29.7 Å². The second-order valence-corrected chi connectivity index (χ2v) is 13.7. The van der Waals surface area contributed by atoms with Crippen LogP contribution in [-0.2, 0) is 9.53 Å². The summed E-state index contributed by atoms with van der Waals surface area (Å²) in [5, 5.41) is 9.38. The average molecular weight is 461 g/mol. The van der Waals surface area contributed by atoms with Gasteiger partial charge in [0.15, 0.2) is 5.78 Å². The van der Waals surface area contributed by atoms with E-state index in [9.17, 15) is 9.90 Å². The zero-order chi connectivity index (χ0) is 24.0. The van der Waals surface area contributed by atoms with Crippen LogP contribution in [0.4, 0.5) is 0 Å². The molecular weight excluding hydrogens is 408 g/mol. The van der Waals surface area contributed by atoms with Gasteiger partial charge in [-0.1, -0.05) is 53.9 Å². The van der Waals surface area contributed by atoms with Gasteiger partial charge in [0.1, 0.15) is 5.60 Å². The molecule has 0 amide bonds. The summed E-state index contributed by atoms with van der Waals surface area (Å²) in [5.41, 5.74) is 0.0819. The topological polar surface area (TPSA) is 46.5 Å². The molecule has 0 aliphatic heterocycles. The molecule has 0 bridgehead atoms. The van der Waals surface area contributed by atoms with Crippen LogP contribution < -0.4 is 0 Å². The van der Waals surface area contributed by atoms with Crippen LogP contribution >= 0.6 is 0 Å². The Morgan fingerprint density at radius 1 is 1.00 bits per heavy atom. The van der Waals surface area contributed by atoms with Gasteiger partial charge in [-0.05, 0) is 111 Å². The Hall–Kier alpha value is -0.410. The minimum Gasteiger partial charge on any atom is -0.394 e. The van der Waals surface area contributed by atoms with Gasteiger partial charge in [0.2, 0.25) is 0 Å². The van der Waals surface area contributed by atoms with E-state index in [4.69, 9.17) is 4.74 Å². The quantitative estimate of drug-likeness (QED) is 0.401. The maximum atomic E-state index is 12.8. The number of carbonyl (C=O) groups excluding carboxylic acids is 1. The molecule has 4 aliphatic rings. The van der Waals surface area contributed by atoms with Crippen LogP contribution in [0.25, 0.3) is 0 Å². The largest absolute Gasteiger partial charge is 0.394 e. The van der Waals surface area contributed by atoms with Gasteiger partial charge in [0, 0.05) is 0 Å². The Kier molecular flexibility index (Phi) is 7.44. The highest BCUT2D eigenvalue weighted by Gasteiger charge is 2.65. The Morgan fingerprint density at radius 2 is 1.73 bits per heavy atom. The lowest BCUT2D eigenvalue weighted by Gasteiger charge is -2.58. The molecule has 3 heteroatoms. The van der Waals surface area contributed by atoms with Gasteiger partial charge in [-0.15, -0.1) is 0 Å². The summed E-state index contributed by atoms with van der Waals surface area (Å²) in [6.07, 6.45) is 14.1. The molecular formula is C30H52O3. The molecule has 4 saturated carbocycles. The van der Waals surface area contributed by atoms with E-state index in [1.54, 1.807) is 6.92 Å². The smallest absolute Gasteiger partial charge is 0.161 e. The Labute approximate surface area is 203 Å². The van der Waals surface area contributed by atoms with E-state index in [1.807, 2.05) is 0 Å². The second-order valence-electron chi connectivity index (χ2n) is 13.7. The minimum atomic E-state index is -0.652. The normalized spacial score (nSPS) is 45.5. The first-order valence-corrected chi connectivity index (χ1v) is 14.3. The Morgan fingerprint density at radius 3 is 2.39 bits per heavy atom. The highest BCUT2D eigenvalue weighted by molar-refractivity contribution is 5.85. The van der Waals surface area contributed by atoms with E-state index >= 15 is 0 Å². The molecule has 0 radical (unpaired) electrons. The first-order chi connectivity index (χ1) is 15.6. The molecule has 9 atom stereocenters. The van der Waals surface area contributed by atoms with Crippen molar-refractivity contribution in [1.82, 2.24) is 0 Å². The SMILES string of the molecule is CC(=O)[C@]1(OCCO)C[C@@H]2CC[C@@H]3[C@H](CC[C@]4(C)[C@@H]([C@H](C)CCCC(C)C)CC[C@@H]34)[C@@]2(C)C1. The van der Waals surface area contributed by atoms with Crippen molar-refractivity contribution in [3.05, 3.63) is 0 Å². The highest BCUT2D eigenvalue weighted by atomic mass is 16.5. The maximum Gasteiger partial charge on any atom is 0.161 e. The van der Waals surface area contributed by atoms with Gasteiger partial charge in [-0.25, -0.2) is 0 Å². The van der Waals surface area contributed by atoms with Gasteiger partial charge in [0.05, 0.1) is 13.2 Å². The van der Waals surface area contributed by atoms with Gasteiger partial charge < -0.3 is 9.84 Å². The molecule has 0 aromatic carbocycles. The Bertz CT molecular complexity index is 703. The van der Waals surface area contributed by atoms with Crippen LogP contribution in [0.3, 0.4) is 0 Å². The molecule has 1 N–H and O–H groups in total. The van der Waals surface area contributed by atoms with Gasteiger partial charge in [0.25, 0.3) is 0 Å². The lowest BCUT2D eigenvalue weighted by Crippen LogP contribution is -2.51. The Balaban J connectivity index is 1.50. The van der Waals surface area contributed by atoms with Gasteiger partial charge in [-0.3, -0.25) is 4.79 Å². The lowest BCUT2D eigenvalue weighted by atomic mass is 9.47. The molecule has 33 heavy (non-hydrogen) atoms. The molecule has 0 unspecified atom stereocenters. The molecule has 0 saturated heterocycles. The third kappa shape index (κ3) is 4.37. The number of aliphatic hydroxyl groups excluding tert-OH is 1. The van der Waals surface area contributed by atoms with E-state index in [-0.39, 0.29) is 24.4 Å². The lowest BCUT2D eigenvalue weighted by molar-refractivity contribution is -0.145. The first-order valence-electron chi connectivity index (χ1n) is 14.3. The first kappa shape index (κ1) is 25.7. The maximum absolute atomic E-state index is 12.8. The van der Waals surface area contributed by atoms with Crippen molar-refractivity contribution in [2.24, 2.45) is 52.3 Å². The third-order valence-electron chi connectivity index (χ3n) is 11.6. The highest BCUT2D eigenvalue weighted by Crippen LogP contribution is 2.70. The zero-order valence-corrected chi connectivity index (χ0v) is 22.5. The number of rotatable bonds is 9. The summed E-state index contributed by atoms with van der Waals surface area (Å²) >= 11 is 0. The molecule has 0 aromatic rings. The minimum absolute atomic E-state index is 0.000363. The average Bonchev–Trinajstić information content (AvgIpc) is 3.26. The fourth-order valence-corrected chi connectivity index (χ4v) is 9.98. The number of hydrogen-bond donors (Lipinski definition) is 1. The van der Waals surface area contributed by atoms with E-state index in [1.165, 1.54) is 57.8 Å². The summed E-state index contributed by atoms with van der Waals surface area (Å²) in [4.78, 5) is 12.8. The predicted octanol–water partition coefficient (Wildman–Crippen LogP) is 7.05. The molecule has 0 aromatic heterocycles. The summed E-state index contributed by atoms with van der Waals surface area (Å²) in [6.45, 7) is 14.4. The van der Waals surface area contributed by atoms with Crippen LogP contribution in [0.1, 0.15) is 112 Å². The molecule has 190 valence electrons. The van der Waals surface area contributed by atoms with Crippen molar-refractivity contribution < 1.29 is 14.6 Å². The second kappa shape index (κ2) is 9.57. The van der Waals surface area contributed by atoms with E-state index in [0.717, 1.165) is 48.3 Å². The number of Topliss-reactive ketones (excluding diaryl/α,β-unsaturated/α-hetero) is 1. The van der Waals surface area contributed by atoms with E-state index < -0.39 is 5.60 Å². The number of ether oxygens (including phenoxy) is 1. The van der Waals surface area contributed by atoms with Crippen LogP contribution in [0.5, 0.6) is 0 Å². The summed E-state index contributed by atoms with van der Waals surface area (Å²) in [7, 11) is 0. The van der Waals surface area contributed by atoms with E-state index in [0.29, 0.717) is 11.3 Å². The number of hydrogen-bond acceptors (Lipinski definition) is 3. The number of ketones is 1. The van der Waals surface area contributed by atoms with Gasteiger partial charge >= 0.3 is 0 Å². The van der Waals surface area contributed by atoms with Crippen molar-refractivity contribution >= 4 is 5.78 Å². The van der Waals surface area contributed by atoms with E-state index in [2.05, 4.69) is 34.6 Å². The molecule has 3 nitrogen and oxygen atoms in total. The van der Waals surface area contributed by atoms with Crippen molar-refractivity contribution in [2.75, 3.05) is 13.2 Å². The molecule has 4 aliphatic carbocycles. The van der Waals surface area contributed by atoms with Crippen molar-refractivity contribution in [1.29, 1.82) is 0 Å². The standard InChI is InChI=1S/C30H52O3/c1-20(2)8-7-9-21(3)25-12-13-26-24-11-10-23-18-30(22(4)32,33-17-16-31)19-29(23,6)27(24)14-15-28(25,26)5/h20-21,23-27,31H,7-19H2,1-6H3/t21-,23+,24+,25-,26+,27+,28-,29+,30+/m1/s1. The summed E-state index contributed by atoms with van der Waals surface area (Å²) < 4.78 is 6.15. The van der Waals surface area contributed by atoms with Crippen molar-refractivity contribution in [3.63, 3.8) is 0 Å². The van der Waals surface area contributed by atoms with Crippen LogP contribution in [0, 0.1) is 52.3 Å². The third-order valence-corrected chi connectivity index (χ3v) is 11.6. The molecule has 0 spiro atoms. The molecule has 4 fully saturated rings. The van der Waals surface area contributed by atoms with Crippen LogP contribution in [0.2, 0.25) is 0 Å². The van der Waals surface area contributed by atoms with Crippen LogP contribution in [0.15, 0.2) is 0 Å². The zero-order valence-electron chi connectivity index (χ0n) is 22.5.